The minimum atomic E-state index is -1.03. The van der Waals surface area contributed by atoms with Crippen molar-refractivity contribution in [3.63, 3.8) is 0 Å². The number of carboxylic acid groups (broad SMARTS) is 1. The summed E-state index contributed by atoms with van der Waals surface area (Å²) in [6.07, 6.45) is 3.23. The summed E-state index contributed by atoms with van der Waals surface area (Å²) >= 11 is 5.89. The maximum atomic E-state index is 12.7. The number of carbonyl (C=O) groups excluding carboxylic acids is 2. The molecule has 0 aliphatic rings. The van der Waals surface area contributed by atoms with E-state index in [1.54, 1.807) is 48.5 Å². The molecule has 0 atom stereocenters. The van der Waals surface area contributed by atoms with Crippen molar-refractivity contribution >= 4 is 35.5 Å². The molecular formula is C23H25ClN2O5. The maximum Gasteiger partial charge on any atom is 0.305 e. The van der Waals surface area contributed by atoms with Gasteiger partial charge >= 0.3 is 5.97 Å². The van der Waals surface area contributed by atoms with Crippen LogP contribution in [0.1, 0.15) is 42.1 Å². The first kappa shape index (κ1) is 24.0. The van der Waals surface area contributed by atoms with Crippen LogP contribution in [0, 0.1) is 0 Å². The standard InChI is InChI=1S/C23H25ClN2O5/c1-2-3-14-31-19-10-6-17(7-11-19)22(29)26-20(23(30)25-13-12-21(27)28)15-16-4-8-18(24)9-5-16/h4-11,15H,2-3,12-14H2,1H3,(H,25,30)(H,26,29)(H,27,28). The molecule has 0 aromatic heterocycles. The Morgan fingerprint density at radius 3 is 2.35 bits per heavy atom. The number of nitrogens with one attached hydrogen (secondary N) is 2. The monoisotopic (exact) mass is 444 g/mol. The Labute approximate surface area is 186 Å². The Kier molecular flexibility index (Phi) is 9.58. The lowest BCUT2D eigenvalue weighted by atomic mass is 10.1. The number of halogens is 1. The average molecular weight is 445 g/mol. The van der Waals surface area contributed by atoms with Gasteiger partial charge in [-0.05, 0) is 54.5 Å². The number of unbranched alkanes of at least 4 members (excludes halogenated alkanes) is 1. The van der Waals surface area contributed by atoms with Gasteiger partial charge in [0.2, 0.25) is 0 Å². The van der Waals surface area contributed by atoms with Gasteiger partial charge in [-0.15, -0.1) is 0 Å². The van der Waals surface area contributed by atoms with Gasteiger partial charge in [0.15, 0.2) is 0 Å². The number of hydrogen-bond donors (Lipinski definition) is 3. The Bertz CT molecular complexity index is 924. The van der Waals surface area contributed by atoms with E-state index in [0.29, 0.717) is 28.5 Å². The molecule has 0 aliphatic heterocycles. The number of benzene rings is 2. The third-order valence-electron chi connectivity index (χ3n) is 4.18. The molecule has 31 heavy (non-hydrogen) atoms. The molecule has 0 saturated heterocycles. The van der Waals surface area contributed by atoms with E-state index in [2.05, 4.69) is 17.6 Å². The minimum absolute atomic E-state index is 0.0130. The van der Waals surface area contributed by atoms with E-state index in [1.807, 2.05) is 0 Å². The molecule has 164 valence electrons. The van der Waals surface area contributed by atoms with E-state index in [0.717, 1.165) is 12.8 Å². The normalized spacial score (nSPS) is 11.0. The molecule has 0 aliphatic carbocycles. The highest BCUT2D eigenvalue weighted by atomic mass is 35.5. The summed E-state index contributed by atoms with van der Waals surface area (Å²) in [5, 5.41) is 14.4. The molecule has 2 rings (SSSR count). The predicted molar refractivity (Wildman–Crippen MR) is 119 cm³/mol. The van der Waals surface area contributed by atoms with Crippen LogP contribution in [0.3, 0.4) is 0 Å². The third kappa shape index (κ3) is 8.52. The molecule has 0 radical (unpaired) electrons. The van der Waals surface area contributed by atoms with Crippen LogP contribution >= 0.6 is 11.6 Å². The van der Waals surface area contributed by atoms with Gasteiger partial charge in [-0.2, -0.15) is 0 Å². The van der Waals surface area contributed by atoms with Crippen LogP contribution in [-0.4, -0.2) is 36.0 Å². The van der Waals surface area contributed by atoms with Gasteiger partial charge in [-0.1, -0.05) is 37.1 Å². The molecule has 7 nitrogen and oxygen atoms in total. The number of ether oxygens (including phenoxy) is 1. The molecule has 0 fully saturated rings. The van der Waals surface area contributed by atoms with Gasteiger partial charge < -0.3 is 20.5 Å². The maximum absolute atomic E-state index is 12.7. The van der Waals surface area contributed by atoms with Crippen LogP contribution in [0.5, 0.6) is 5.75 Å². The van der Waals surface area contributed by atoms with Crippen LogP contribution in [0.2, 0.25) is 5.02 Å². The summed E-state index contributed by atoms with van der Waals surface area (Å²) < 4.78 is 5.59. The second-order valence-electron chi connectivity index (χ2n) is 6.69. The van der Waals surface area contributed by atoms with Crippen molar-refractivity contribution < 1.29 is 24.2 Å². The smallest absolute Gasteiger partial charge is 0.305 e. The summed E-state index contributed by atoms with van der Waals surface area (Å²) in [7, 11) is 0. The van der Waals surface area contributed by atoms with Gasteiger partial charge in [0.25, 0.3) is 11.8 Å². The van der Waals surface area contributed by atoms with Crippen LogP contribution in [-0.2, 0) is 9.59 Å². The quantitative estimate of drug-likeness (QED) is 0.360. The molecule has 2 amide bonds. The Morgan fingerprint density at radius 2 is 1.74 bits per heavy atom. The molecule has 0 spiro atoms. The average Bonchev–Trinajstić information content (AvgIpc) is 2.75. The van der Waals surface area contributed by atoms with Crippen molar-refractivity contribution in [2.75, 3.05) is 13.2 Å². The SMILES string of the molecule is CCCCOc1ccc(C(=O)NC(=Cc2ccc(Cl)cc2)C(=O)NCCC(=O)O)cc1. The summed E-state index contributed by atoms with van der Waals surface area (Å²) in [5.74, 6) is -1.44. The fourth-order valence-corrected chi connectivity index (χ4v) is 2.62. The molecule has 0 heterocycles. The van der Waals surface area contributed by atoms with Crippen molar-refractivity contribution in [1.29, 1.82) is 0 Å². The molecule has 3 N–H and O–H groups in total. The predicted octanol–water partition coefficient (Wildman–Crippen LogP) is 3.88. The first-order valence-electron chi connectivity index (χ1n) is 9.90. The van der Waals surface area contributed by atoms with Crippen molar-refractivity contribution in [2.24, 2.45) is 0 Å². The van der Waals surface area contributed by atoms with E-state index in [4.69, 9.17) is 21.4 Å². The zero-order valence-electron chi connectivity index (χ0n) is 17.2. The fourth-order valence-electron chi connectivity index (χ4n) is 2.49. The molecule has 2 aromatic rings. The Balaban J connectivity index is 2.13. The van der Waals surface area contributed by atoms with Crippen molar-refractivity contribution in [1.82, 2.24) is 10.6 Å². The highest BCUT2D eigenvalue weighted by Crippen LogP contribution is 2.15. The van der Waals surface area contributed by atoms with Gasteiger partial charge in [0, 0.05) is 17.1 Å². The first-order valence-corrected chi connectivity index (χ1v) is 10.3. The summed E-state index contributed by atoms with van der Waals surface area (Å²) in [4.78, 5) is 35.9. The molecular weight excluding hydrogens is 420 g/mol. The number of rotatable bonds is 11. The van der Waals surface area contributed by atoms with E-state index < -0.39 is 17.8 Å². The molecule has 2 aromatic carbocycles. The number of hydrogen-bond acceptors (Lipinski definition) is 4. The Hall–Kier alpha value is -3.32. The molecule has 8 heteroatoms. The minimum Gasteiger partial charge on any atom is -0.494 e. The summed E-state index contributed by atoms with van der Waals surface area (Å²) in [5.41, 5.74) is 0.983. The topological polar surface area (TPSA) is 105 Å². The number of carboxylic acids is 1. The zero-order valence-corrected chi connectivity index (χ0v) is 17.9. The lowest BCUT2D eigenvalue weighted by Crippen LogP contribution is -2.35. The first-order chi connectivity index (χ1) is 14.9. The highest BCUT2D eigenvalue weighted by molar-refractivity contribution is 6.30. The van der Waals surface area contributed by atoms with Crippen molar-refractivity contribution in [3.8, 4) is 5.75 Å². The fraction of sp³-hybridized carbons (Fsp3) is 0.261. The third-order valence-corrected chi connectivity index (χ3v) is 4.43. The second-order valence-corrected chi connectivity index (χ2v) is 7.13. The summed E-state index contributed by atoms with van der Waals surface area (Å²) in [6.45, 7) is 2.61. The van der Waals surface area contributed by atoms with Crippen LogP contribution < -0.4 is 15.4 Å². The number of aliphatic carboxylic acids is 1. The van der Waals surface area contributed by atoms with Crippen LogP contribution in [0.25, 0.3) is 6.08 Å². The highest BCUT2D eigenvalue weighted by Gasteiger charge is 2.15. The van der Waals surface area contributed by atoms with E-state index >= 15 is 0 Å². The van der Waals surface area contributed by atoms with Crippen molar-refractivity contribution in [2.45, 2.75) is 26.2 Å². The molecule has 0 bridgehead atoms. The van der Waals surface area contributed by atoms with E-state index in [9.17, 15) is 14.4 Å². The van der Waals surface area contributed by atoms with Crippen LogP contribution in [0.15, 0.2) is 54.2 Å². The lowest BCUT2D eigenvalue weighted by molar-refractivity contribution is -0.136. The molecule has 0 saturated carbocycles. The zero-order chi connectivity index (χ0) is 22.6. The van der Waals surface area contributed by atoms with Gasteiger partial charge in [0.1, 0.15) is 11.4 Å². The summed E-state index contributed by atoms with van der Waals surface area (Å²) in [6, 6.07) is 13.3. The van der Waals surface area contributed by atoms with Gasteiger partial charge in [0.05, 0.1) is 13.0 Å². The number of amides is 2. The van der Waals surface area contributed by atoms with Gasteiger partial charge in [-0.25, -0.2) is 0 Å². The van der Waals surface area contributed by atoms with Crippen LogP contribution in [0.4, 0.5) is 0 Å². The Morgan fingerprint density at radius 1 is 1.06 bits per heavy atom. The van der Waals surface area contributed by atoms with Crippen molar-refractivity contribution in [3.05, 3.63) is 70.4 Å². The van der Waals surface area contributed by atoms with E-state index in [1.165, 1.54) is 6.08 Å². The van der Waals surface area contributed by atoms with Gasteiger partial charge in [-0.3, -0.25) is 14.4 Å². The molecule has 0 unspecified atom stereocenters. The van der Waals surface area contributed by atoms with E-state index in [-0.39, 0.29) is 18.7 Å². The lowest BCUT2D eigenvalue weighted by Gasteiger charge is -2.11. The largest absolute Gasteiger partial charge is 0.494 e. The number of carbonyl (C=O) groups is 3. The second kappa shape index (κ2) is 12.4.